The maximum Gasteiger partial charge on any atom is 0.145 e. The molecular weight excluding hydrogens is 500 g/mol. The van der Waals surface area contributed by atoms with Crippen LogP contribution in [-0.4, -0.2) is 9.97 Å². The maximum atomic E-state index is 6.19. The van der Waals surface area contributed by atoms with E-state index in [1.807, 2.05) is 50.2 Å². The first-order chi connectivity index (χ1) is 11.4. The van der Waals surface area contributed by atoms with Gasteiger partial charge in [-0.3, -0.25) is 0 Å². The summed E-state index contributed by atoms with van der Waals surface area (Å²) in [6.07, 6.45) is 0. The largest absolute Gasteiger partial charge is 0.481 e. The highest BCUT2D eigenvalue weighted by Crippen LogP contribution is 2.46. The van der Waals surface area contributed by atoms with Gasteiger partial charge in [-0.25, -0.2) is 4.98 Å². The molecule has 0 bridgehead atoms. The summed E-state index contributed by atoms with van der Waals surface area (Å²) in [6.45, 7) is 4.10. The number of fused-ring (bicyclic) bond motifs is 3. The van der Waals surface area contributed by atoms with E-state index in [0.29, 0.717) is 0 Å². The molecule has 0 saturated carbocycles. The van der Waals surface area contributed by atoms with Crippen molar-refractivity contribution in [3.8, 4) is 28.4 Å². The van der Waals surface area contributed by atoms with Crippen LogP contribution in [0.25, 0.3) is 22.6 Å². The molecule has 3 aromatic rings. The topological polar surface area (TPSA) is 37.9 Å². The summed E-state index contributed by atoms with van der Waals surface area (Å²) in [5, 5.41) is 0. The van der Waals surface area contributed by atoms with Gasteiger partial charge in [0.05, 0.1) is 11.4 Å². The van der Waals surface area contributed by atoms with Crippen molar-refractivity contribution in [1.29, 1.82) is 0 Å². The number of rotatable bonds is 1. The fourth-order valence-corrected chi connectivity index (χ4v) is 4.68. The first kappa shape index (κ1) is 16.4. The van der Waals surface area contributed by atoms with Gasteiger partial charge >= 0.3 is 0 Å². The lowest BCUT2D eigenvalue weighted by Crippen LogP contribution is -2.29. The molecule has 0 saturated heterocycles. The predicted molar refractivity (Wildman–Crippen MR) is 106 cm³/mol. The molecule has 3 nitrogen and oxygen atoms in total. The second kappa shape index (κ2) is 5.71. The van der Waals surface area contributed by atoms with Gasteiger partial charge in [0, 0.05) is 24.5 Å². The third-order valence-electron chi connectivity index (χ3n) is 4.07. The molecule has 6 heteroatoms. The van der Waals surface area contributed by atoms with Crippen molar-refractivity contribution in [2.75, 3.05) is 0 Å². The molecular formula is C18H13Br3N2O. The van der Waals surface area contributed by atoms with Crippen LogP contribution in [0.3, 0.4) is 0 Å². The fourth-order valence-electron chi connectivity index (χ4n) is 2.95. The molecule has 0 spiro atoms. The molecule has 2 aromatic carbocycles. The Labute approximate surface area is 165 Å². The Morgan fingerprint density at radius 3 is 2.46 bits per heavy atom. The van der Waals surface area contributed by atoms with E-state index in [2.05, 4.69) is 52.8 Å². The van der Waals surface area contributed by atoms with Crippen molar-refractivity contribution >= 4 is 47.8 Å². The minimum absolute atomic E-state index is 0.477. The summed E-state index contributed by atoms with van der Waals surface area (Å²) in [6, 6.07) is 12.0. The fraction of sp³-hybridized carbons (Fsp3) is 0.167. The van der Waals surface area contributed by atoms with E-state index in [9.17, 15) is 0 Å². The van der Waals surface area contributed by atoms with Crippen LogP contribution in [-0.2, 0) is 5.60 Å². The molecule has 4 rings (SSSR count). The van der Waals surface area contributed by atoms with Crippen molar-refractivity contribution in [3.05, 3.63) is 55.5 Å². The number of halogens is 3. The molecule has 122 valence electrons. The molecule has 0 amide bonds. The second-order valence-electron chi connectivity index (χ2n) is 6.16. The highest BCUT2D eigenvalue weighted by atomic mass is 79.9. The molecule has 1 N–H and O–H groups in total. The Hall–Kier alpha value is -1.11. The first-order valence-electron chi connectivity index (χ1n) is 7.40. The molecule has 0 atom stereocenters. The van der Waals surface area contributed by atoms with Gasteiger partial charge in [-0.2, -0.15) is 0 Å². The molecule has 1 aliphatic heterocycles. The van der Waals surface area contributed by atoms with Crippen molar-refractivity contribution in [2.24, 2.45) is 0 Å². The van der Waals surface area contributed by atoms with Crippen LogP contribution in [0.1, 0.15) is 19.5 Å². The summed E-state index contributed by atoms with van der Waals surface area (Å²) in [5.41, 5.74) is 3.42. The molecule has 0 unspecified atom stereocenters. The molecule has 1 aliphatic rings. The van der Waals surface area contributed by atoms with Gasteiger partial charge < -0.3 is 9.72 Å². The van der Waals surface area contributed by atoms with Crippen molar-refractivity contribution < 1.29 is 4.74 Å². The second-order valence-corrected chi connectivity index (χ2v) is 8.78. The van der Waals surface area contributed by atoms with E-state index in [1.165, 1.54) is 0 Å². The van der Waals surface area contributed by atoms with Crippen molar-refractivity contribution in [2.45, 2.75) is 19.4 Å². The van der Waals surface area contributed by atoms with Crippen molar-refractivity contribution in [3.63, 3.8) is 0 Å². The normalized spacial score (nSPS) is 14.7. The lowest BCUT2D eigenvalue weighted by Gasteiger charge is -2.31. The molecule has 1 aromatic heterocycles. The van der Waals surface area contributed by atoms with E-state index in [-0.39, 0.29) is 0 Å². The van der Waals surface area contributed by atoms with Gasteiger partial charge in [0.25, 0.3) is 0 Å². The van der Waals surface area contributed by atoms with Crippen LogP contribution in [0.4, 0.5) is 0 Å². The summed E-state index contributed by atoms with van der Waals surface area (Å²) >= 11 is 10.8. The molecule has 0 radical (unpaired) electrons. The van der Waals surface area contributed by atoms with E-state index >= 15 is 0 Å². The summed E-state index contributed by atoms with van der Waals surface area (Å²) in [5.74, 6) is 1.66. The number of H-pyrrole nitrogens is 1. The minimum Gasteiger partial charge on any atom is -0.481 e. The third kappa shape index (κ3) is 2.55. The van der Waals surface area contributed by atoms with E-state index in [1.54, 1.807) is 0 Å². The number of benzene rings is 2. The zero-order valence-corrected chi connectivity index (χ0v) is 17.7. The maximum absolute atomic E-state index is 6.19. The number of hydrogen-bond donors (Lipinski definition) is 1. The molecule has 0 fully saturated rings. The Bertz CT molecular complexity index is 943. The van der Waals surface area contributed by atoms with Crippen LogP contribution in [0.2, 0.25) is 0 Å². The number of aromatic amines is 1. The summed E-state index contributed by atoms with van der Waals surface area (Å²) < 4.78 is 9.16. The number of aromatic nitrogens is 2. The summed E-state index contributed by atoms with van der Waals surface area (Å²) in [7, 11) is 0. The lowest BCUT2D eigenvalue weighted by atomic mass is 9.95. The van der Waals surface area contributed by atoms with E-state index in [4.69, 9.17) is 9.72 Å². The molecule has 0 aliphatic carbocycles. The average Bonchev–Trinajstić information content (AvgIpc) is 2.94. The van der Waals surface area contributed by atoms with Crippen LogP contribution < -0.4 is 4.74 Å². The molecule has 2 heterocycles. The van der Waals surface area contributed by atoms with Gasteiger partial charge in [-0.15, -0.1) is 0 Å². The summed E-state index contributed by atoms with van der Waals surface area (Å²) in [4.78, 5) is 8.38. The third-order valence-corrected chi connectivity index (χ3v) is 5.88. The number of nitrogens with zero attached hydrogens (tertiary/aromatic N) is 1. The van der Waals surface area contributed by atoms with Crippen LogP contribution in [0, 0.1) is 0 Å². The Kier molecular flexibility index (Phi) is 3.90. The zero-order valence-electron chi connectivity index (χ0n) is 13.0. The highest BCUT2D eigenvalue weighted by molar-refractivity contribution is 9.11. The monoisotopic (exact) mass is 510 g/mol. The van der Waals surface area contributed by atoms with Crippen LogP contribution in [0.15, 0.2) is 49.8 Å². The predicted octanol–water partition coefficient (Wildman–Crippen LogP) is 6.66. The van der Waals surface area contributed by atoms with Gasteiger partial charge in [0.15, 0.2) is 0 Å². The number of ether oxygens (including phenoxy) is 1. The highest BCUT2D eigenvalue weighted by Gasteiger charge is 2.36. The number of imidazole rings is 1. The Morgan fingerprint density at radius 2 is 1.75 bits per heavy atom. The smallest absolute Gasteiger partial charge is 0.145 e. The zero-order chi connectivity index (χ0) is 17.1. The van der Waals surface area contributed by atoms with Gasteiger partial charge in [-0.1, -0.05) is 22.0 Å². The number of hydrogen-bond acceptors (Lipinski definition) is 2. The quantitative estimate of drug-likeness (QED) is 0.396. The van der Waals surface area contributed by atoms with E-state index < -0.39 is 5.60 Å². The van der Waals surface area contributed by atoms with Crippen LogP contribution >= 0.6 is 47.8 Å². The minimum atomic E-state index is -0.477. The Balaban J connectivity index is 1.99. The van der Waals surface area contributed by atoms with Crippen LogP contribution in [0.5, 0.6) is 5.75 Å². The Morgan fingerprint density at radius 1 is 1.04 bits per heavy atom. The number of nitrogens with one attached hydrogen (secondary N) is 1. The standard InChI is InChI=1S/C18H13Br3N2O/c1-18(2)16-15(10-8-9(19)6-7-13(10)24-18)22-17(23-16)14-11(20)4-3-5-12(14)21/h3-8H,1-2H3,(H,22,23). The average molecular weight is 513 g/mol. The first-order valence-corrected chi connectivity index (χ1v) is 9.78. The lowest BCUT2D eigenvalue weighted by molar-refractivity contribution is 0.101. The molecule has 24 heavy (non-hydrogen) atoms. The van der Waals surface area contributed by atoms with Gasteiger partial charge in [0.2, 0.25) is 0 Å². The van der Waals surface area contributed by atoms with Crippen molar-refractivity contribution in [1.82, 2.24) is 9.97 Å². The van der Waals surface area contributed by atoms with E-state index in [0.717, 1.165) is 47.5 Å². The SMILES string of the molecule is CC1(C)Oc2ccc(Br)cc2-c2nc(-c3c(Br)cccc3Br)[nH]c21. The van der Waals surface area contributed by atoms with Gasteiger partial charge in [0.1, 0.15) is 17.2 Å². The van der Waals surface area contributed by atoms with Gasteiger partial charge in [-0.05, 0) is 76.0 Å².